The van der Waals surface area contributed by atoms with Gasteiger partial charge in [-0.2, -0.15) is 4.40 Å². The summed E-state index contributed by atoms with van der Waals surface area (Å²) >= 11 is 0. The molecule has 0 N–H and O–H groups in total. The summed E-state index contributed by atoms with van der Waals surface area (Å²) in [5, 5.41) is 0. The first-order valence-corrected chi connectivity index (χ1v) is 5.64. The van der Waals surface area contributed by atoms with Gasteiger partial charge in [0, 0.05) is 6.42 Å². The molecule has 0 heterocycles. The van der Waals surface area contributed by atoms with Crippen LogP contribution in [0.2, 0.25) is 0 Å². The lowest BCUT2D eigenvalue weighted by atomic mass is 10.3. The monoisotopic (exact) mass is 205 g/mol. The van der Waals surface area contributed by atoms with Gasteiger partial charge >= 0.3 is 0 Å². The first kappa shape index (κ1) is 12.6. The minimum absolute atomic E-state index is 0.308. The van der Waals surface area contributed by atoms with Gasteiger partial charge in [-0.1, -0.05) is 6.92 Å². The second kappa shape index (κ2) is 5.37. The number of hydrogen-bond donors (Lipinski definition) is 0. The number of ether oxygens (including phenoxy) is 1. The van der Waals surface area contributed by atoms with Crippen molar-refractivity contribution in [2.24, 2.45) is 4.40 Å². The number of nitrogens with zero attached hydrogens (tertiary/aromatic N) is 1. The summed E-state index contributed by atoms with van der Waals surface area (Å²) in [6.07, 6.45) is 0.690. The van der Waals surface area contributed by atoms with E-state index in [9.17, 15) is 4.21 Å². The first-order chi connectivity index (χ1) is 5.91. The molecule has 0 saturated carbocycles. The van der Waals surface area contributed by atoms with Crippen LogP contribution >= 0.6 is 0 Å². The van der Waals surface area contributed by atoms with Gasteiger partial charge in [-0.25, -0.2) is 4.21 Å². The summed E-state index contributed by atoms with van der Waals surface area (Å²) < 4.78 is 20.5. The SMILES string of the molecule is CCO/C(CC)=N/[S@](=O)C(C)(C)C. The van der Waals surface area contributed by atoms with Crippen LogP contribution in [0.15, 0.2) is 4.40 Å². The summed E-state index contributed by atoms with van der Waals surface area (Å²) in [6.45, 7) is 10.1. The minimum atomic E-state index is -1.21. The molecule has 0 saturated heterocycles. The summed E-state index contributed by atoms with van der Waals surface area (Å²) in [6, 6.07) is 0. The molecule has 0 aliphatic carbocycles. The van der Waals surface area contributed by atoms with Crippen molar-refractivity contribution in [2.45, 2.75) is 45.8 Å². The fraction of sp³-hybridized carbons (Fsp3) is 0.889. The smallest absolute Gasteiger partial charge is 0.197 e. The van der Waals surface area contributed by atoms with Gasteiger partial charge in [0.1, 0.15) is 11.0 Å². The normalized spacial score (nSPS) is 15.6. The van der Waals surface area contributed by atoms with Crippen LogP contribution in [-0.4, -0.2) is 21.5 Å². The van der Waals surface area contributed by atoms with Crippen LogP contribution in [0.1, 0.15) is 41.0 Å². The molecule has 4 heteroatoms. The van der Waals surface area contributed by atoms with Gasteiger partial charge in [0.25, 0.3) is 0 Å². The van der Waals surface area contributed by atoms with Gasteiger partial charge in [0.15, 0.2) is 5.90 Å². The highest BCUT2D eigenvalue weighted by molar-refractivity contribution is 7.85. The Morgan fingerprint density at radius 2 is 1.92 bits per heavy atom. The van der Waals surface area contributed by atoms with E-state index in [1.165, 1.54) is 0 Å². The molecule has 0 aliphatic heterocycles. The Bertz CT molecular complexity index is 206. The number of hydrogen-bond acceptors (Lipinski definition) is 2. The van der Waals surface area contributed by atoms with Crippen LogP contribution in [0, 0.1) is 0 Å². The summed E-state index contributed by atoms with van der Waals surface area (Å²) in [5.41, 5.74) is 0. The van der Waals surface area contributed by atoms with Crippen LogP contribution in [-0.2, 0) is 15.7 Å². The van der Waals surface area contributed by atoms with Crippen molar-refractivity contribution in [3.05, 3.63) is 0 Å². The lowest BCUT2D eigenvalue weighted by Crippen LogP contribution is -2.21. The molecule has 0 fully saturated rings. The average Bonchev–Trinajstić information content (AvgIpc) is 2.01. The molecule has 78 valence electrons. The molecular formula is C9H19NO2S. The van der Waals surface area contributed by atoms with Crippen molar-refractivity contribution >= 4 is 16.9 Å². The standard InChI is InChI=1S/C9H19NO2S/c1-6-8(12-7-2)10-13(11)9(3,4)5/h6-7H2,1-5H3/b10-8+/t13-/m1/s1. The van der Waals surface area contributed by atoms with Crippen LogP contribution in [0.3, 0.4) is 0 Å². The van der Waals surface area contributed by atoms with Crippen LogP contribution in [0.25, 0.3) is 0 Å². The summed E-state index contributed by atoms with van der Waals surface area (Å²) in [7, 11) is -1.21. The van der Waals surface area contributed by atoms with Gasteiger partial charge < -0.3 is 4.74 Å². The molecule has 0 aromatic heterocycles. The maximum Gasteiger partial charge on any atom is 0.197 e. The third-order valence-electron chi connectivity index (χ3n) is 1.32. The topological polar surface area (TPSA) is 38.7 Å². The van der Waals surface area contributed by atoms with E-state index in [0.29, 0.717) is 18.9 Å². The van der Waals surface area contributed by atoms with E-state index in [2.05, 4.69) is 4.40 Å². The molecule has 0 radical (unpaired) electrons. The van der Waals surface area contributed by atoms with E-state index in [1.54, 1.807) is 0 Å². The van der Waals surface area contributed by atoms with Gasteiger partial charge in [-0.3, -0.25) is 0 Å². The predicted molar refractivity (Wildman–Crippen MR) is 57.2 cm³/mol. The van der Waals surface area contributed by atoms with E-state index in [-0.39, 0.29) is 4.75 Å². The van der Waals surface area contributed by atoms with E-state index < -0.39 is 11.0 Å². The third-order valence-corrected chi connectivity index (χ3v) is 2.74. The molecule has 0 aromatic rings. The molecule has 0 aromatic carbocycles. The predicted octanol–water partition coefficient (Wildman–Crippen LogP) is 2.29. The molecule has 3 nitrogen and oxygen atoms in total. The Morgan fingerprint density at radius 3 is 2.23 bits per heavy atom. The highest BCUT2D eigenvalue weighted by atomic mass is 32.2. The first-order valence-electron chi connectivity index (χ1n) is 4.54. The third kappa shape index (κ3) is 5.03. The lowest BCUT2D eigenvalue weighted by molar-refractivity contribution is 0.320. The second-order valence-electron chi connectivity index (χ2n) is 3.63. The van der Waals surface area contributed by atoms with Gasteiger partial charge in [-0.15, -0.1) is 0 Å². The molecule has 0 rings (SSSR count). The quantitative estimate of drug-likeness (QED) is 0.524. The Balaban J connectivity index is 4.42. The molecule has 0 spiro atoms. The Labute approximate surface area is 83.2 Å². The van der Waals surface area contributed by atoms with E-state index in [0.717, 1.165) is 0 Å². The Morgan fingerprint density at radius 1 is 1.38 bits per heavy atom. The highest BCUT2D eigenvalue weighted by Crippen LogP contribution is 2.12. The van der Waals surface area contributed by atoms with Crippen molar-refractivity contribution in [1.82, 2.24) is 0 Å². The summed E-state index contributed by atoms with van der Waals surface area (Å²) in [4.78, 5) is 0. The van der Waals surface area contributed by atoms with E-state index in [4.69, 9.17) is 4.74 Å². The molecule has 1 atom stereocenters. The zero-order valence-electron chi connectivity index (χ0n) is 9.09. The maximum atomic E-state index is 11.6. The summed E-state index contributed by atoms with van der Waals surface area (Å²) in [5.74, 6) is 0.579. The van der Waals surface area contributed by atoms with E-state index in [1.807, 2.05) is 34.6 Å². The van der Waals surface area contributed by atoms with E-state index >= 15 is 0 Å². The van der Waals surface area contributed by atoms with Gasteiger partial charge in [0.05, 0.1) is 11.4 Å². The second-order valence-corrected chi connectivity index (χ2v) is 5.54. The molecule has 0 bridgehead atoms. The zero-order chi connectivity index (χ0) is 10.5. The van der Waals surface area contributed by atoms with Crippen molar-refractivity contribution < 1.29 is 8.95 Å². The Kier molecular flexibility index (Phi) is 5.21. The highest BCUT2D eigenvalue weighted by Gasteiger charge is 2.19. The maximum absolute atomic E-state index is 11.6. The molecule has 0 amide bonds. The average molecular weight is 205 g/mol. The number of rotatable bonds is 3. The molecular weight excluding hydrogens is 186 g/mol. The van der Waals surface area contributed by atoms with Crippen molar-refractivity contribution in [1.29, 1.82) is 0 Å². The van der Waals surface area contributed by atoms with Crippen molar-refractivity contribution in [2.75, 3.05) is 6.61 Å². The van der Waals surface area contributed by atoms with Gasteiger partial charge in [0.2, 0.25) is 0 Å². The van der Waals surface area contributed by atoms with Crippen LogP contribution < -0.4 is 0 Å². The molecule has 0 aliphatic rings. The zero-order valence-corrected chi connectivity index (χ0v) is 9.90. The van der Waals surface area contributed by atoms with Crippen LogP contribution in [0.5, 0.6) is 0 Å². The fourth-order valence-corrected chi connectivity index (χ4v) is 1.23. The molecule has 13 heavy (non-hydrogen) atoms. The largest absolute Gasteiger partial charge is 0.481 e. The van der Waals surface area contributed by atoms with Gasteiger partial charge in [-0.05, 0) is 27.7 Å². The molecule has 0 unspecified atom stereocenters. The lowest BCUT2D eigenvalue weighted by Gasteiger charge is -2.14. The van der Waals surface area contributed by atoms with Crippen molar-refractivity contribution in [3.63, 3.8) is 0 Å². The fourth-order valence-electron chi connectivity index (χ4n) is 0.589. The van der Waals surface area contributed by atoms with Crippen LogP contribution in [0.4, 0.5) is 0 Å². The Hall–Kier alpha value is -0.380. The van der Waals surface area contributed by atoms with Crippen molar-refractivity contribution in [3.8, 4) is 0 Å². The minimum Gasteiger partial charge on any atom is -0.481 e.